The Labute approximate surface area is 298 Å². The Morgan fingerprint density at radius 2 is 1.54 bits per heavy atom. The van der Waals surface area contributed by atoms with Gasteiger partial charge in [0.2, 0.25) is 23.6 Å². The fourth-order valence-corrected chi connectivity index (χ4v) is 5.61. The molecule has 0 unspecified atom stereocenters. The Hall–Kier alpha value is -3.58. The van der Waals surface area contributed by atoms with E-state index in [2.05, 4.69) is 26.6 Å². The molecule has 4 amide bonds. The first-order valence-corrected chi connectivity index (χ1v) is 16.8. The van der Waals surface area contributed by atoms with Crippen molar-refractivity contribution in [3.63, 3.8) is 0 Å². The number of piperidine rings is 1. The lowest BCUT2D eigenvalue weighted by atomic mass is 9.94. The predicted octanol–water partition coefficient (Wildman–Crippen LogP) is -6.42. The molecule has 0 aliphatic carbocycles. The van der Waals surface area contributed by atoms with Crippen LogP contribution in [0.15, 0.2) is 0 Å². The zero-order chi connectivity index (χ0) is 39.1. The third kappa shape index (κ3) is 13.4. The van der Waals surface area contributed by atoms with E-state index in [-0.39, 0.29) is 13.0 Å². The van der Waals surface area contributed by atoms with Crippen molar-refractivity contribution in [2.45, 2.75) is 119 Å². The van der Waals surface area contributed by atoms with Gasteiger partial charge in [-0.3, -0.25) is 19.2 Å². The highest BCUT2D eigenvalue weighted by atomic mass is 16.7. The van der Waals surface area contributed by atoms with Crippen molar-refractivity contribution in [1.82, 2.24) is 26.6 Å². The van der Waals surface area contributed by atoms with Crippen LogP contribution in [0.3, 0.4) is 0 Å². The van der Waals surface area contributed by atoms with Gasteiger partial charge < -0.3 is 82.3 Å². The molecule has 2 saturated heterocycles. The van der Waals surface area contributed by atoms with Crippen LogP contribution in [0.2, 0.25) is 0 Å². The van der Waals surface area contributed by atoms with Crippen LogP contribution < -0.4 is 32.3 Å². The van der Waals surface area contributed by atoms with Gasteiger partial charge in [-0.1, -0.05) is 0 Å². The standard InChI is InChI=1S/C30H52N6O16/c1-13(27(45)36-16(29(48)49)6-7-20(41)35-15(28(46)47)5-3-4-8-31)33-21(42)12-50-26-18(40)9-32-17(10-37)25(26)52-30-22(34-14(2)39)24(44)23(43)19(11-38)51-30/h13,15-19,22-26,30,32,37-38,40,43-44H,3-12,31H2,1-2H3,(H,33,42)(H,34,39)(H,35,41)(H,36,45)(H,46,47)(H,48,49)/t13-,15-,16+,17+,18+,19+,22+,23+,24+,25+,26+,30-/m0/s1. The molecule has 22 nitrogen and oxygen atoms in total. The molecule has 14 N–H and O–H groups in total. The van der Waals surface area contributed by atoms with E-state index in [1.807, 2.05) is 0 Å². The first-order valence-electron chi connectivity index (χ1n) is 16.8. The molecular formula is C30H52N6O16. The highest BCUT2D eigenvalue weighted by molar-refractivity contribution is 5.90. The fourth-order valence-electron chi connectivity index (χ4n) is 5.61. The number of aliphatic hydroxyl groups is 5. The number of hydrogen-bond acceptors (Lipinski definition) is 16. The van der Waals surface area contributed by atoms with Gasteiger partial charge in [0, 0.05) is 19.9 Å². The largest absolute Gasteiger partial charge is 0.480 e. The number of carbonyl (C=O) groups excluding carboxylic acids is 4. The van der Waals surface area contributed by atoms with E-state index in [9.17, 15) is 64.5 Å². The summed E-state index contributed by atoms with van der Waals surface area (Å²) in [5.41, 5.74) is 5.40. The molecule has 0 aromatic carbocycles. The number of rotatable bonds is 21. The summed E-state index contributed by atoms with van der Waals surface area (Å²) in [4.78, 5) is 72.9. The van der Waals surface area contributed by atoms with E-state index in [0.717, 1.165) is 6.92 Å². The van der Waals surface area contributed by atoms with Crippen molar-refractivity contribution in [3.8, 4) is 0 Å². The third-order valence-electron chi connectivity index (χ3n) is 8.46. The highest BCUT2D eigenvalue weighted by Gasteiger charge is 2.49. The number of aliphatic carboxylic acids is 2. The Morgan fingerprint density at radius 3 is 2.12 bits per heavy atom. The number of carbonyl (C=O) groups is 6. The monoisotopic (exact) mass is 752 g/mol. The van der Waals surface area contributed by atoms with Gasteiger partial charge in [-0.2, -0.15) is 0 Å². The average molecular weight is 753 g/mol. The highest BCUT2D eigenvalue weighted by Crippen LogP contribution is 2.27. The van der Waals surface area contributed by atoms with Crippen LogP contribution in [0.25, 0.3) is 0 Å². The van der Waals surface area contributed by atoms with Crippen LogP contribution in [0.5, 0.6) is 0 Å². The molecule has 2 heterocycles. The topological polar surface area (TPSA) is 358 Å². The minimum atomic E-state index is -1.66. The molecule has 0 aromatic heterocycles. The normalized spacial score (nSPS) is 29.2. The average Bonchev–Trinajstić information content (AvgIpc) is 3.08. The first kappa shape index (κ1) is 44.6. The maximum Gasteiger partial charge on any atom is 0.326 e. The second-order valence-corrected chi connectivity index (χ2v) is 12.5. The zero-order valence-electron chi connectivity index (χ0n) is 28.9. The van der Waals surface area contributed by atoms with Gasteiger partial charge in [0.1, 0.15) is 61.3 Å². The molecule has 298 valence electrons. The summed E-state index contributed by atoms with van der Waals surface area (Å²) >= 11 is 0. The number of ether oxygens (including phenoxy) is 3. The number of hydrogen-bond donors (Lipinski definition) is 13. The molecule has 0 saturated carbocycles. The second-order valence-electron chi connectivity index (χ2n) is 12.5. The number of aliphatic hydroxyl groups excluding tert-OH is 5. The van der Waals surface area contributed by atoms with E-state index in [1.54, 1.807) is 0 Å². The van der Waals surface area contributed by atoms with E-state index < -0.39 is 141 Å². The SMILES string of the molecule is CC(=O)N[C@H]1[C@H](O[C@H]2[C@H](OCC(=O)N[C@@H](C)C(=O)N[C@H](CCC(=O)N[C@@H](CCCCN)C(=O)O)C(=O)O)[C@H](O)CN[C@@H]2CO)O[C@H](CO)[C@@H](O)[C@@H]1O. The summed E-state index contributed by atoms with van der Waals surface area (Å²) in [6.07, 6.45) is -9.86. The number of amides is 4. The molecule has 0 spiro atoms. The van der Waals surface area contributed by atoms with E-state index in [1.165, 1.54) is 6.92 Å². The molecule has 0 radical (unpaired) electrons. The van der Waals surface area contributed by atoms with Crippen LogP contribution in [-0.4, -0.2) is 177 Å². The van der Waals surface area contributed by atoms with Crippen LogP contribution in [-0.2, 0) is 43.0 Å². The molecule has 52 heavy (non-hydrogen) atoms. The Bertz CT molecular complexity index is 1210. The summed E-state index contributed by atoms with van der Waals surface area (Å²) in [5, 5.41) is 82.2. The van der Waals surface area contributed by atoms with Gasteiger partial charge in [-0.15, -0.1) is 0 Å². The summed E-state index contributed by atoms with van der Waals surface area (Å²) in [5.74, 6) is -5.95. The Morgan fingerprint density at radius 1 is 0.885 bits per heavy atom. The third-order valence-corrected chi connectivity index (χ3v) is 8.46. The fraction of sp³-hybridized carbons (Fsp3) is 0.800. The molecule has 2 aliphatic rings. The van der Waals surface area contributed by atoms with Gasteiger partial charge in [0.25, 0.3) is 0 Å². The number of unbranched alkanes of at least 4 members (excludes halogenated alkanes) is 1. The van der Waals surface area contributed by atoms with Crippen molar-refractivity contribution in [2.24, 2.45) is 5.73 Å². The van der Waals surface area contributed by atoms with Crippen LogP contribution >= 0.6 is 0 Å². The molecule has 12 atom stereocenters. The van der Waals surface area contributed by atoms with E-state index in [4.69, 9.17) is 19.9 Å². The van der Waals surface area contributed by atoms with E-state index in [0.29, 0.717) is 19.4 Å². The minimum absolute atomic E-state index is 0.124. The summed E-state index contributed by atoms with van der Waals surface area (Å²) < 4.78 is 17.2. The molecule has 0 bridgehead atoms. The number of nitrogens with one attached hydrogen (secondary N) is 5. The maximum atomic E-state index is 12.8. The van der Waals surface area contributed by atoms with Crippen molar-refractivity contribution >= 4 is 35.6 Å². The Kier molecular flexibility index (Phi) is 18.7. The minimum Gasteiger partial charge on any atom is -0.480 e. The number of carboxylic acid groups (broad SMARTS) is 2. The van der Waals surface area contributed by atoms with Gasteiger partial charge in [0.15, 0.2) is 6.29 Å². The predicted molar refractivity (Wildman–Crippen MR) is 174 cm³/mol. The van der Waals surface area contributed by atoms with Crippen LogP contribution in [0.1, 0.15) is 46.0 Å². The quantitative estimate of drug-likeness (QED) is 0.0485. The smallest absolute Gasteiger partial charge is 0.326 e. The number of nitrogens with two attached hydrogens (primary N) is 1. The molecule has 2 aliphatic heterocycles. The molecule has 22 heteroatoms. The zero-order valence-corrected chi connectivity index (χ0v) is 28.9. The van der Waals surface area contributed by atoms with Gasteiger partial charge in [-0.25, -0.2) is 9.59 Å². The van der Waals surface area contributed by atoms with E-state index >= 15 is 0 Å². The first-order chi connectivity index (χ1) is 24.5. The molecule has 2 rings (SSSR count). The summed E-state index contributed by atoms with van der Waals surface area (Å²) in [6, 6.07) is -6.40. The van der Waals surface area contributed by atoms with Crippen molar-refractivity contribution < 1.29 is 78.7 Å². The van der Waals surface area contributed by atoms with Crippen molar-refractivity contribution in [3.05, 3.63) is 0 Å². The summed E-state index contributed by atoms with van der Waals surface area (Å²) in [6.45, 7) is 0.499. The lowest BCUT2D eigenvalue weighted by molar-refractivity contribution is -0.300. The molecule has 0 aromatic rings. The van der Waals surface area contributed by atoms with Gasteiger partial charge >= 0.3 is 11.9 Å². The Balaban J connectivity index is 2.01. The number of β-amino-alcohol motifs (C(OH)–C–C–N with tert-alkyl or cyclic N) is 1. The maximum absolute atomic E-state index is 12.8. The van der Waals surface area contributed by atoms with Crippen molar-refractivity contribution in [2.75, 3.05) is 32.9 Å². The lowest BCUT2D eigenvalue weighted by Gasteiger charge is -2.47. The molecular weight excluding hydrogens is 700 g/mol. The van der Waals surface area contributed by atoms with Gasteiger partial charge in [0.05, 0.1) is 25.4 Å². The van der Waals surface area contributed by atoms with Crippen LogP contribution in [0, 0.1) is 0 Å². The van der Waals surface area contributed by atoms with Crippen molar-refractivity contribution in [1.29, 1.82) is 0 Å². The van der Waals surface area contributed by atoms with Crippen LogP contribution in [0.4, 0.5) is 0 Å². The summed E-state index contributed by atoms with van der Waals surface area (Å²) in [7, 11) is 0. The molecule has 2 fully saturated rings. The number of carboxylic acids is 2. The lowest BCUT2D eigenvalue weighted by Crippen LogP contribution is -2.68. The van der Waals surface area contributed by atoms with Gasteiger partial charge in [-0.05, 0) is 39.2 Å². The second kappa shape index (κ2) is 21.8.